The summed E-state index contributed by atoms with van der Waals surface area (Å²) in [6.45, 7) is 0.959. The number of nitrogens with one attached hydrogen (secondary N) is 3. The van der Waals surface area contributed by atoms with Crippen LogP contribution in [0.1, 0.15) is 23.2 Å². The first-order valence-electron chi connectivity index (χ1n) is 9.00. The first-order chi connectivity index (χ1) is 13.6. The molecule has 0 aromatic heterocycles. The molecule has 144 valence electrons. The predicted molar refractivity (Wildman–Crippen MR) is 102 cm³/mol. The molecular weight excluding hydrogens is 362 g/mol. The number of hydrogen-bond donors (Lipinski definition) is 3. The lowest BCUT2D eigenvalue weighted by molar-refractivity contribution is -0.118. The van der Waals surface area contributed by atoms with Crippen molar-refractivity contribution in [3.63, 3.8) is 0 Å². The second-order valence-electron chi connectivity index (χ2n) is 6.51. The normalized spacial score (nSPS) is 17.6. The van der Waals surface area contributed by atoms with Crippen LogP contribution < -0.4 is 25.4 Å². The van der Waals surface area contributed by atoms with Gasteiger partial charge in [0.05, 0.1) is 11.3 Å². The fourth-order valence-electron chi connectivity index (χ4n) is 3.13. The zero-order valence-electron chi connectivity index (χ0n) is 15.0. The van der Waals surface area contributed by atoms with Gasteiger partial charge in [-0.2, -0.15) is 0 Å². The largest absolute Gasteiger partial charge is 0.486 e. The van der Waals surface area contributed by atoms with Crippen molar-refractivity contribution < 1.29 is 23.9 Å². The SMILES string of the molecule is O=C(CC[C@H]1NC(=O)c2ccccc2NC1=O)Nc1ccc2c(c1)OCCO2. The number of hydrogen-bond acceptors (Lipinski definition) is 5. The van der Waals surface area contributed by atoms with Gasteiger partial charge in [-0.15, -0.1) is 0 Å². The number of carbonyl (C=O) groups excluding carboxylic acids is 3. The number of fused-ring (bicyclic) bond motifs is 2. The predicted octanol–water partition coefficient (Wildman–Crippen LogP) is 1.93. The Morgan fingerprint density at radius 3 is 2.71 bits per heavy atom. The van der Waals surface area contributed by atoms with E-state index in [0.717, 1.165) is 0 Å². The molecule has 8 heteroatoms. The van der Waals surface area contributed by atoms with E-state index in [1.165, 1.54) is 0 Å². The van der Waals surface area contributed by atoms with Crippen molar-refractivity contribution in [2.75, 3.05) is 23.8 Å². The maximum absolute atomic E-state index is 12.4. The average molecular weight is 381 g/mol. The zero-order valence-corrected chi connectivity index (χ0v) is 15.0. The van der Waals surface area contributed by atoms with Gasteiger partial charge in [0.25, 0.3) is 5.91 Å². The summed E-state index contributed by atoms with van der Waals surface area (Å²) in [6, 6.07) is 11.2. The van der Waals surface area contributed by atoms with Gasteiger partial charge in [0.2, 0.25) is 11.8 Å². The van der Waals surface area contributed by atoms with Gasteiger partial charge in [-0.05, 0) is 30.7 Å². The molecule has 0 saturated carbocycles. The van der Waals surface area contributed by atoms with E-state index in [1.807, 2.05) is 0 Å². The van der Waals surface area contributed by atoms with E-state index in [2.05, 4.69) is 16.0 Å². The Hall–Kier alpha value is -3.55. The highest BCUT2D eigenvalue weighted by Crippen LogP contribution is 2.32. The van der Waals surface area contributed by atoms with E-state index in [4.69, 9.17) is 9.47 Å². The molecule has 1 atom stereocenters. The van der Waals surface area contributed by atoms with Crippen molar-refractivity contribution >= 4 is 29.1 Å². The minimum Gasteiger partial charge on any atom is -0.486 e. The van der Waals surface area contributed by atoms with Crippen LogP contribution in [0.5, 0.6) is 11.5 Å². The van der Waals surface area contributed by atoms with Gasteiger partial charge in [-0.25, -0.2) is 0 Å². The van der Waals surface area contributed by atoms with E-state index in [1.54, 1.807) is 42.5 Å². The lowest BCUT2D eigenvalue weighted by Crippen LogP contribution is -2.41. The summed E-state index contributed by atoms with van der Waals surface area (Å²) >= 11 is 0. The topological polar surface area (TPSA) is 106 Å². The molecule has 3 N–H and O–H groups in total. The quantitative estimate of drug-likeness (QED) is 0.750. The number of ether oxygens (including phenoxy) is 2. The Morgan fingerprint density at radius 1 is 1.07 bits per heavy atom. The van der Waals surface area contributed by atoms with Crippen molar-refractivity contribution in [2.45, 2.75) is 18.9 Å². The Morgan fingerprint density at radius 2 is 1.86 bits per heavy atom. The number of benzene rings is 2. The first kappa shape index (κ1) is 17.8. The Labute approximate surface area is 161 Å². The maximum atomic E-state index is 12.4. The first-order valence-corrected chi connectivity index (χ1v) is 9.00. The summed E-state index contributed by atoms with van der Waals surface area (Å²) in [5, 5.41) is 8.18. The number of carbonyl (C=O) groups is 3. The van der Waals surface area contributed by atoms with Crippen LogP contribution >= 0.6 is 0 Å². The molecule has 2 aliphatic heterocycles. The molecule has 2 aliphatic rings. The number of para-hydroxylation sites is 1. The summed E-state index contributed by atoms with van der Waals surface area (Å²) in [5.41, 5.74) is 1.45. The maximum Gasteiger partial charge on any atom is 0.254 e. The molecule has 8 nitrogen and oxygen atoms in total. The van der Waals surface area contributed by atoms with Crippen molar-refractivity contribution in [1.82, 2.24) is 5.32 Å². The lowest BCUT2D eigenvalue weighted by Gasteiger charge is -2.19. The highest BCUT2D eigenvalue weighted by molar-refractivity contribution is 6.10. The van der Waals surface area contributed by atoms with E-state index >= 15 is 0 Å². The fourth-order valence-corrected chi connectivity index (χ4v) is 3.13. The van der Waals surface area contributed by atoms with Crippen molar-refractivity contribution in [2.24, 2.45) is 0 Å². The van der Waals surface area contributed by atoms with Crippen LogP contribution in [-0.4, -0.2) is 37.0 Å². The number of rotatable bonds is 4. The van der Waals surface area contributed by atoms with E-state index in [-0.39, 0.29) is 30.6 Å². The molecule has 0 aliphatic carbocycles. The van der Waals surface area contributed by atoms with Crippen LogP contribution in [0, 0.1) is 0 Å². The van der Waals surface area contributed by atoms with E-state index in [0.29, 0.717) is 41.7 Å². The van der Waals surface area contributed by atoms with Crippen molar-refractivity contribution in [1.29, 1.82) is 0 Å². The van der Waals surface area contributed by atoms with Crippen LogP contribution in [0.3, 0.4) is 0 Å². The zero-order chi connectivity index (χ0) is 19.5. The van der Waals surface area contributed by atoms with E-state index < -0.39 is 6.04 Å². The van der Waals surface area contributed by atoms with Gasteiger partial charge in [-0.1, -0.05) is 12.1 Å². The molecule has 0 spiro atoms. The van der Waals surface area contributed by atoms with Crippen LogP contribution in [-0.2, 0) is 9.59 Å². The van der Waals surface area contributed by atoms with Crippen LogP contribution in [0.15, 0.2) is 42.5 Å². The third kappa shape index (κ3) is 3.75. The van der Waals surface area contributed by atoms with Gasteiger partial charge in [0.1, 0.15) is 19.3 Å². The second-order valence-corrected chi connectivity index (χ2v) is 6.51. The molecule has 3 amide bonds. The fraction of sp³-hybridized carbons (Fsp3) is 0.250. The molecular formula is C20H19N3O5. The molecule has 2 aromatic rings. The van der Waals surface area contributed by atoms with Crippen LogP contribution in [0.4, 0.5) is 11.4 Å². The molecule has 0 fully saturated rings. The molecule has 0 bridgehead atoms. The Bertz CT molecular complexity index is 943. The summed E-state index contributed by atoms with van der Waals surface area (Å²) in [6.07, 6.45) is 0.255. The highest BCUT2D eigenvalue weighted by atomic mass is 16.6. The Kier molecular flexibility index (Phi) is 4.84. The number of anilines is 2. The summed E-state index contributed by atoms with van der Waals surface area (Å²) < 4.78 is 10.9. The third-order valence-electron chi connectivity index (χ3n) is 4.54. The van der Waals surface area contributed by atoms with Crippen LogP contribution in [0.2, 0.25) is 0 Å². The van der Waals surface area contributed by atoms with Gasteiger partial charge < -0.3 is 25.4 Å². The lowest BCUT2D eigenvalue weighted by atomic mass is 10.1. The summed E-state index contributed by atoms with van der Waals surface area (Å²) in [5.74, 6) is 0.274. The molecule has 0 unspecified atom stereocenters. The minimum absolute atomic E-state index is 0.0726. The third-order valence-corrected chi connectivity index (χ3v) is 4.54. The molecule has 28 heavy (non-hydrogen) atoms. The average Bonchev–Trinajstić information content (AvgIpc) is 2.82. The van der Waals surface area contributed by atoms with Crippen molar-refractivity contribution in [3.05, 3.63) is 48.0 Å². The van der Waals surface area contributed by atoms with Gasteiger partial charge >= 0.3 is 0 Å². The minimum atomic E-state index is -0.786. The molecule has 0 saturated heterocycles. The smallest absolute Gasteiger partial charge is 0.254 e. The van der Waals surface area contributed by atoms with Gasteiger partial charge in [0, 0.05) is 18.2 Å². The molecule has 2 heterocycles. The standard InChI is InChI=1S/C20H19N3O5/c24-18(21-12-5-7-16-17(11-12)28-10-9-27-16)8-6-15-20(26)22-14-4-2-1-3-13(14)19(25)23-15/h1-5,7,11,15H,6,8-10H2,(H,21,24)(H,22,26)(H,23,25)/t15-/m1/s1. The highest BCUT2D eigenvalue weighted by Gasteiger charge is 2.27. The molecule has 4 rings (SSSR count). The molecule has 0 radical (unpaired) electrons. The van der Waals surface area contributed by atoms with Crippen molar-refractivity contribution in [3.8, 4) is 11.5 Å². The van der Waals surface area contributed by atoms with E-state index in [9.17, 15) is 14.4 Å². The Balaban J connectivity index is 1.36. The second kappa shape index (κ2) is 7.59. The van der Waals surface area contributed by atoms with Gasteiger partial charge in [-0.3, -0.25) is 14.4 Å². The summed E-state index contributed by atoms with van der Waals surface area (Å²) in [7, 11) is 0. The summed E-state index contributed by atoms with van der Waals surface area (Å²) in [4.78, 5) is 37.0. The molecule has 2 aromatic carbocycles. The van der Waals surface area contributed by atoms with Gasteiger partial charge in [0.15, 0.2) is 11.5 Å². The number of amides is 3. The monoisotopic (exact) mass is 381 g/mol. The van der Waals surface area contributed by atoms with Crippen LogP contribution in [0.25, 0.3) is 0 Å².